The van der Waals surface area contributed by atoms with Crippen molar-refractivity contribution < 1.29 is 23.9 Å². The minimum absolute atomic E-state index is 0.0355. The van der Waals surface area contributed by atoms with Gasteiger partial charge in [-0.2, -0.15) is 0 Å². The Bertz CT molecular complexity index is 1350. The van der Waals surface area contributed by atoms with Crippen molar-refractivity contribution in [2.45, 2.75) is 31.6 Å². The molecule has 2 N–H and O–H groups in total. The Kier molecular flexibility index (Phi) is 9.49. The zero-order valence-electron chi connectivity index (χ0n) is 22.8. The van der Waals surface area contributed by atoms with Gasteiger partial charge < -0.3 is 14.5 Å². The van der Waals surface area contributed by atoms with Crippen molar-refractivity contribution in [3.8, 4) is 5.75 Å². The minimum Gasteiger partial charge on any atom is -0.497 e. The van der Waals surface area contributed by atoms with Crippen LogP contribution in [0.1, 0.15) is 67.8 Å². The highest BCUT2D eigenvalue weighted by molar-refractivity contribution is 7.09. The summed E-state index contributed by atoms with van der Waals surface area (Å²) in [5, 5.41) is 2.50. The van der Waals surface area contributed by atoms with Gasteiger partial charge >= 0.3 is 0 Å². The third-order valence-corrected chi connectivity index (χ3v) is 7.87. The Labute approximate surface area is 237 Å². The number of amides is 3. The summed E-state index contributed by atoms with van der Waals surface area (Å²) >= 11 is 1.40. The van der Waals surface area contributed by atoms with E-state index in [0.717, 1.165) is 23.5 Å². The molecule has 2 heterocycles. The summed E-state index contributed by atoms with van der Waals surface area (Å²) in [4.78, 5) is 58.3. The summed E-state index contributed by atoms with van der Waals surface area (Å²) in [6, 6.07) is 13.9. The molecule has 11 heteroatoms. The van der Waals surface area contributed by atoms with E-state index in [1.54, 1.807) is 53.8 Å². The van der Waals surface area contributed by atoms with Crippen LogP contribution in [0.5, 0.6) is 5.75 Å². The number of rotatable bonds is 9. The summed E-state index contributed by atoms with van der Waals surface area (Å²) in [7, 11) is 5.39. The number of carbonyl (C=O) groups is 4. The van der Waals surface area contributed by atoms with E-state index in [2.05, 4.69) is 15.8 Å². The van der Waals surface area contributed by atoms with Gasteiger partial charge in [0, 0.05) is 68.1 Å². The lowest BCUT2D eigenvalue weighted by Crippen LogP contribution is -2.41. The number of anilines is 1. The van der Waals surface area contributed by atoms with Gasteiger partial charge in [-0.15, -0.1) is 11.3 Å². The van der Waals surface area contributed by atoms with Gasteiger partial charge in [-0.1, -0.05) is 0 Å². The number of piperidine rings is 1. The second kappa shape index (κ2) is 13.2. The van der Waals surface area contributed by atoms with Crippen LogP contribution in [0.25, 0.3) is 0 Å². The highest BCUT2D eigenvalue weighted by atomic mass is 32.1. The molecule has 40 heavy (non-hydrogen) atoms. The van der Waals surface area contributed by atoms with E-state index in [4.69, 9.17) is 4.74 Å². The second-order valence-corrected chi connectivity index (χ2v) is 10.6. The van der Waals surface area contributed by atoms with Crippen LogP contribution in [0.3, 0.4) is 0 Å². The van der Waals surface area contributed by atoms with Crippen LogP contribution in [-0.2, 0) is 4.79 Å². The lowest BCUT2D eigenvalue weighted by Gasteiger charge is -2.31. The van der Waals surface area contributed by atoms with Crippen molar-refractivity contribution >= 4 is 40.5 Å². The Hall–Kier alpha value is -4.25. The zero-order chi connectivity index (χ0) is 28.6. The van der Waals surface area contributed by atoms with Crippen LogP contribution in [-0.4, -0.2) is 67.7 Å². The molecule has 0 aliphatic carbocycles. The number of nitrogens with one attached hydrogen (secondary N) is 2. The number of aromatic nitrogens is 1. The smallest absolute Gasteiger partial charge is 0.289 e. The molecule has 1 aliphatic rings. The van der Waals surface area contributed by atoms with Crippen LogP contribution in [0, 0.1) is 0 Å². The Morgan fingerprint density at radius 2 is 1.55 bits per heavy atom. The molecule has 0 spiro atoms. The predicted octanol–water partition coefficient (Wildman–Crippen LogP) is 3.66. The number of hydrazine groups is 1. The van der Waals surface area contributed by atoms with Crippen molar-refractivity contribution in [2.75, 3.05) is 39.2 Å². The van der Waals surface area contributed by atoms with E-state index < -0.39 is 11.8 Å². The first kappa shape index (κ1) is 28.8. The quantitative estimate of drug-likeness (QED) is 0.301. The fourth-order valence-electron chi connectivity index (χ4n) is 4.42. The molecule has 0 unspecified atom stereocenters. The first-order valence-corrected chi connectivity index (χ1v) is 13.9. The molecule has 3 aromatic rings. The summed E-state index contributed by atoms with van der Waals surface area (Å²) in [5.41, 5.74) is 7.04. The first-order valence-electron chi connectivity index (χ1n) is 13.0. The molecular formula is C29H33N5O5S. The minimum atomic E-state index is -0.491. The Balaban J connectivity index is 1.21. The molecule has 4 rings (SSSR count). The van der Waals surface area contributed by atoms with Gasteiger partial charge in [-0.05, 0) is 61.4 Å². The summed E-state index contributed by atoms with van der Waals surface area (Å²) in [6.45, 7) is 1.15. The number of ether oxygens (including phenoxy) is 1. The largest absolute Gasteiger partial charge is 0.497 e. The van der Waals surface area contributed by atoms with Crippen LogP contribution in [0.15, 0.2) is 53.9 Å². The Morgan fingerprint density at radius 3 is 2.17 bits per heavy atom. The van der Waals surface area contributed by atoms with Gasteiger partial charge in [0.2, 0.25) is 5.91 Å². The second-order valence-electron chi connectivity index (χ2n) is 9.73. The van der Waals surface area contributed by atoms with E-state index in [1.165, 1.54) is 11.3 Å². The van der Waals surface area contributed by atoms with E-state index in [-0.39, 0.29) is 36.1 Å². The predicted molar refractivity (Wildman–Crippen MR) is 153 cm³/mol. The fourth-order valence-corrected chi connectivity index (χ4v) is 5.39. The number of Topliss-reactive ketones (excluding diaryl/α,β-unsaturated/α-hetero) is 1. The molecule has 1 saturated heterocycles. The number of thiazole rings is 1. The maximum atomic E-state index is 12.7. The van der Waals surface area contributed by atoms with Crippen LogP contribution in [0.2, 0.25) is 0 Å². The number of benzene rings is 2. The SMILES string of the molecule is COc1ccc(C(=O)CCC(=O)N2CCC(c3nc(C(=O)NNC(=O)c4ccc(N(C)C)cc4)cs3)CC2)cc1. The highest BCUT2D eigenvalue weighted by Gasteiger charge is 2.26. The fraction of sp³-hybridized carbons (Fsp3) is 0.345. The molecule has 1 aliphatic heterocycles. The van der Waals surface area contributed by atoms with Crippen molar-refractivity contribution in [1.29, 1.82) is 0 Å². The summed E-state index contributed by atoms with van der Waals surface area (Å²) in [6.07, 6.45) is 1.79. The van der Waals surface area contributed by atoms with E-state index >= 15 is 0 Å². The average Bonchev–Trinajstić information content (AvgIpc) is 3.49. The van der Waals surface area contributed by atoms with Gasteiger partial charge in [0.05, 0.1) is 12.1 Å². The zero-order valence-corrected chi connectivity index (χ0v) is 23.6. The van der Waals surface area contributed by atoms with Crippen LogP contribution >= 0.6 is 11.3 Å². The number of hydrogen-bond acceptors (Lipinski definition) is 8. The third kappa shape index (κ3) is 7.23. The molecule has 0 atom stereocenters. The van der Waals surface area contributed by atoms with Crippen molar-refractivity contribution in [1.82, 2.24) is 20.7 Å². The summed E-state index contributed by atoms with van der Waals surface area (Å²) in [5.74, 6) is -0.199. The van der Waals surface area contributed by atoms with Gasteiger partial charge in [0.1, 0.15) is 11.4 Å². The molecule has 1 aromatic heterocycles. The normalized spacial score (nSPS) is 13.4. The maximum Gasteiger partial charge on any atom is 0.289 e. The van der Waals surface area contributed by atoms with E-state index in [9.17, 15) is 19.2 Å². The van der Waals surface area contributed by atoms with Crippen LogP contribution < -0.4 is 20.5 Å². The number of hydrogen-bond donors (Lipinski definition) is 2. The molecule has 3 amide bonds. The Morgan fingerprint density at radius 1 is 0.925 bits per heavy atom. The third-order valence-electron chi connectivity index (χ3n) is 6.86. The average molecular weight is 564 g/mol. The number of methoxy groups -OCH3 is 1. The lowest BCUT2D eigenvalue weighted by molar-refractivity contribution is -0.132. The van der Waals surface area contributed by atoms with E-state index in [1.807, 2.05) is 31.1 Å². The molecule has 210 valence electrons. The molecule has 0 radical (unpaired) electrons. The maximum absolute atomic E-state index is 12.7. The molecule has 2 aromatic carbocycles. The van der Waals surface area contributed by atoms with Gasteiger partial charge in [-0.3, -0.25) is 30.0 Å². The van der Waals surface area contributed by atoms with Crippen molar-refractivity contribution in [2.24, 2.45) is 0 Å². The monoisotopic (exact) mass is 563 g/mol. The molecule has 10 nitrogen and oxygen atoms in total. The number of likely N-dealkylation sites (tertiary alicyclic amines) is 1. The van der Waals surface area contributed by atoms with Crippen LogP contribution in [0.4, 0.5) is 5.69 Å². The molecular weight excluding hydrogens is 530 g/mol. The molecule has 1 fully saturated rings. The topological polar surface area (TPSA) is 121 Å². The standard InChI is InChI=1S/C29H33N5O5S/c1-33(2)22-8-4-20(5-9-22)27(37)31-32-28(38)24-18-40-29(30-24)21-14-16-34(17-15-21)26(36)13-12-25(35)19-6-10-23(39-3)11-7-19/h4-11,18,21H,12-17H2,1-3H3,(H,31,37)(H,32,38). The number of nitrogens with zero attached hydrogens (tertiary/aromatic N) is 3. The molecule has 0 bridgehead atoms. The highest BCUT2D eigenvalue weighted by Crippen LogP contribution is 2.30. The lowest BCUT2D eigenvalue weighted by atomic mass is 9.97. The van der Waals surface area contributed by atoms with Gasteiger partial charge in [-0.25, -0.2) is 4.98 Å². The van der Waals surface area contributed by atoms with Crippen molar-refractivity contribution in [3.63, 3.8) is 0 Å². The number of carbonyl (C=O) groups excluding carboxylic acids is 4. The van der Waals surface area contributed by atoms with Crippen molar-refractivity contribution in [3.05, 3.63) is 75.7 Å². The van der Waals surface area contributed by atoms with Gasteiger partial charge in [0.15, 0.2) is 5.78 Å². The summed E-state index contributed by atoms with van der Waals surface area (Å²) < 4.78 is 5.11. The van der Waals surface area contributed by atoms with E-state index in [0.29, 0.717) is 30.0 Å². The molecule has 0 saturated carbocycles. The number of ketones is 1. The first-order chi connectivity index (χ1) is 19.2. The van der Waals surface area contributed by atoms with Gasteiger partial charge in [0.25, 0.3) is 11.8 Å².